The lowest BCUT2D eigenvalue weighted by Crippen LogP contribution is -2.30. The fourth-order valence-electron chi connectivity index (χ4n) is 2.83. The van der Waals surface area contributed by atoms with Crippen LogP contribution in [0.25, 0.3) is 5.57 Å². The Balaban J connectivity index is 1.92. The fraction of sp³-hybridized carbons (Fsp3) is 0.429. The van der Waals surface area contributed by atoms with Gasteiger partial charge in [0.25, 0.3) is 0 Å². The maximum absolute atomic E-state index is 12.1. The van der Waals surface area contributed by atoms with Gasteiger partial charge in [-0.05, 0) is 49.2 Å². The second kappa shape index (κ2) is 4.65. The zero-order valence-corrected chi connectivity index (χ0v) is 11.6. The fourth-order valence-corrected chi connectivity index (χ4v) is 4.34. The van der Waals surface area contributed by atoms with E-state index in [0.717, 1.165) is 30.8 Å². The first-order valence-corrected chi connectivity index (χ1v) is 8.19. The third-order valence-electron chi connectivity index (χ3n) is 3.80. The number of likely N-dealkylation sites (tertiary alicyclic amines) is 1. The molecule has 19 heavy (non-hydrogen) atoms. The lowest BCUT2D eigenvalue weighted by atomic mass is 10.0. The van der Waals surface area contributed by atoms with E-state index in [1.54, 1.807) is 12.1 Å². The summed E-state index contributed by atoms with van der Waals surface area (Å²) in [6, 6.07) is 5.15. The van der Waals surface area contributed by atoms with Gasteiger partial charge in [0.1, 0.15) is 0 Å². The number of piperidine rings is 1. The Morgan fingerprint density at radius 1 is 1.16 bits per heavy atom. The number of nitrogens with two attached hydrogens (primary N) is 1. The molecule has 5 heteroatoms. The minimum Gasteiger partial charge on any atom is -0.399 e. The molecule has 2 N–H and O–H groups in total. The number of benzene rings is 1. The molecule has 0 radical (unpaired) electrons. The first-order valence-electron chi connectivity index (χ1n) is 6.64. The molecule has 2 aliphatic heterocycles. The zero-order chi connectivity index (χ0) is 13.5. The van der Waals surface area contributed by atoms with Gasteiger partial charge in [-0.25, -0.2) is 8.42 Å². The SMILES string of the molecule is Nc1ccc2c(c1)S(=O)(=O)C=C2CN1CCCCC1. The van der Waals surface area contributed by atoms with Crippen molar-refractivity contribution in [3.63, 3.8) is 0 Å². The molecule has 4 nitrogen and oxygen atoms in total. The maximum atomic E-state index is 12.1. The molecular formula is C14H18N2O2S. The van der Waals surface area contributed by atoms with Crippen molar-refractivity contribution < 1.29 is 8.42 Å². The van der Waals surface area contributed by atoms with Crippen molar-refractivity contribution in [2.24, 2.45) is 0 Å². The molecule has 0 unspecified atom stereocenters. The number of hydrogen-bond donors (Lipinski definition) is 1. The van der Waals surface area contributed by atoms with E-state index in [2.05, 4.69) is 4.90 Å². The molecule has 2 heterocycles. The summed E-state index contributed by atoms with van der Waals surface area (Å²) in [6.07, 6.45) is 3.68. The van der Waals surface area contributed by atoms with E-state index in [1.807, 2.05) is 6.07 Å². The van der Waals surface area contributed by atoms with Gasteiger partial charge < -0.3 is 5.73 Å². The molecule has 0 aliphatic carbocycles. The quantitative estimate of drug-likeness (QED) is 0.839. The van der Waals surface area contributed by atoms with Gasteiger partial charge in [0, 0.05) is 17.6 Å². The van der Waals surface area contributed by atoms with Crippen molar-refractivity contribution in [1.29, 1.82) is 0 Å². The third kappa shape index (κ3) is 2.40. The van der Waals surface area contributed by atoms with E-state index >= 15 is 0 Å². The van der Waals surface area contributed by atoms with Gasteiger partial charge in [-0.3, -0.25) is 4.90 Å². The van der Waals surface area contributed by atoms with Crippen LogP contribution in [0.3, 0.4) is 0 Å². The molecule has 0 amide bonds. The van der Waals surface area contributed by atoms with Crippen molar-refractivity contribution in [3.05, 3.63) is 29.2 Å². The number of nitrogen functional groups attached to an aromatic ring is 1. The molecule has 0 spiro atoms. The van der Waals surface area contributed by atoms with Crippen LogP contribution in [-0.2, 0) is 9.84 Å². The van der Waals surface area contributed by atoms with E-state index in [0.29, 0.717) is 10.6 Å². The summed E-state index contributed by atoms with van der Waals surface area (Å²) < 4.78 is 24.2. The van der Waals surface area contributed by atoms with Crippen LogP contribution >= 0.6 is 0 Å². The summed E-state index contributed by atoms with van der Waals surface area (Å²) in [5.74, 6) is 0. The van der Waals surface area contributed by atoms with Crippen LogP contribution in [0.1, 0.15) is 24.8 Å². The number of fused-ring (bicyclic) bond motifs is 1. The Kier molecular flexibility index (Phi) is 3.11. The molecule has 1 saturated heterocycles. The van der Waals surface area contributed by atoms with Crippen LogP contribution in [0.15, 0.2) is 28.5 Å². The van der Waals surface area contributed by atoms with E-state index in [9.17, 15) is 8.42 Å². The number of rotatable bonds is 2. The second-order valence-electron chi connectivity index (χ2n) is 5.28. The maximum Gasteiger partial charge on any atom is 0.200 e. The minimum atomic E-state index is -3.30. The standard InChI is InChI=1S/C14H18N2O2S/c15-12-4-5-13-11(9-16-6-2-1-3-7-16)10-19(17,18)14(13)8-12/h4-5,8,10H,1-3,6-7,9,15H2. The smallest absolute Gasteiger partial charge is 0.200 e. The van der Waals surface area contributed by atoms with E-state index in [4.69, 9.17) is 5.73 Å². The second-order valence-corrected chi connectivity index (χ2v) is 7.05. The van der Waals surface area contributed by atoms with Crippen LogP contribution in [0.2, 0.25) is 0 Å². The van der Waals surface area contributed by atoms with Crippen molar-refractivity contribution >= 4 is 21.1 Å². The van der Waals surface area contributed by atoms with Crippen LogP contribution in [0.5, 0.6) is 0 Å². The zero-order valence-electron chi connectivity index (χ0n) is 10.8. The van der Waals surface area contributed by atoms with Gasteiger partial charge in [-0.1, -0.05) is 12.5 Å². The Labute approximate surface area is 113 Å². The molecule has 1 aromatic rings. The largest absolute Gasteiger partial charge is 0.399 e. The normalized spacial score (nSPS) is 22.0. The molecule has 2 aliphatic rings. The summed E-state index contributed by atoms with van der Waals surface area (Å²) in [4.78, 5) is 2.69. The predicted octanol–water partition coefficient (Wildman–Crippen LogP) is 1.88. The van der Waals surface area contributed by atoms with E-state index < -0.39 is 9.84 Å². The molecule has 0 aromatic heterocycles. The molecule has 1 fully saturated rings. The molecular weight excluding hydrogens is 260 g/mol. The lowest BCUT2D eigenvalue weighted by molar-refractivity contribution is 0.255. The molecule has 3 rings (SSSR count). The molecule has 102 valence electrons. The molecule has 1 aromatic carbocycles. The monoisotopic (exact) mass is 278 g/mol. The summed E-state index contributed by atoms with van der Waals surface area (Å²) in [5.41, 5.74) is 7.90. The average Bonchev–Trinajstić information content (AvgIpc) is 2.62. The highest BCUT2D eigenvalue weighted by Gasteiger charge is 2.28. The van der Waals surface area contributed by atoms with Crippen molar-refractivity contribution in [1.82, 2.24) is 4.90 Å². The number of sulfone groups is 1. The third-order valence-corrected chi connectivity index (χ3v) is 5.34. The van der Waals surface area contributed by atoms with Crippen molar-refractivity contribution in [3.8, 4) is 0 Å². The van der Waals surface area contributed by atoms with Gasteiger partial charge in [-0.2, -0.15) is 0 Å². The lowest BCUT2D eigenvalue weighted by Gasteiger charge is -2.26. The van der Waals surface area contributed by atoms with Crippen molar-refractivity contribution in [2.45, 2.75) is 24.2 Å². The Bertz CT molecular complexity index is 629. The average molecular weight is 278 g/mol. The Hall–Kier alpha value is -1.33. The van der Waals surface area contributed by atoms with Gasteiger partial charge in [0.05, 0.1) is 4.90 Å². The van der Waals surface area contributed by atoms with Gasteiger partial charge in [0.15, 0.2) is 0 Å². The van der Waals surface area contributed by atoms with Crippen LogP contribution in [0.4, 0.5) is 5.69 Å². The van der Waals surface area contributed by atoms with Gasteiger partial charge >= 0.3 is 0 Å². The minimum absolute atomic E-state index is 0.361. The van der Waals surface area contributed by atoms with Gasteiger partial charge in [0.2, 0.25) is 9.84 Å². The Morgan fingerprint density at radius 2 is 1.89 bits per heavy atom. The summed E-state index contributed by atoms with van der Waals surface area (Å²) in [6.45, 7) is 2.83. The van der Waals surface area contributed by atoms with Crippen LogP contribution < -0.4 is 5.73 Å². The first-order chi connectivity index (χ1) is 9.06. The molecule has 0 atom stereocenters. The summed E-state index contributed by atoms with van der Waals surface area (Å²) in [7, 11) is -3.30. The Morgan fingerprint density at radius 3 is 2.63 bits per heavy atom. The van der Waals surface area contributed by atoms with Gasteiger partial charge in [-0.15, -0.1) is 0 Å². The molecule has 0 bridgehead atoms. The van der Waals surface area contributed by atoms with Crippen LogP contribution in [-0.4, -0.2) is 33.0 Å². The number of hydrogen-bond acceptors (Lipinski definition) is 4. The molecule has 0 saturated carbocycles. The predicted molar refractivity (Wildman–Crippen MR) is 76.3 cm³/mol. The highest BCUT2D eigenvalue weighted by molar-refractivity contribution is 7.95. The summed E-state index contributed by atoms with van der Waals surface area (Å²) >= 11 is 0. The highest BCUT2D eigenvalue weighted by atomic mass is 32.2. The van der Waals surface area contributed by atoms with E-state index in [-0.39, 0.29) is 0 Å². The first kappa shape index (κ1) is 12.7. The van der Waals surface area contributed by atoms with E-state index in [1.165, 1.54) is 24.7 Å². The van der Waals surface area contributed by atoms with Crippen molar-refractivity contribution in [2.75, 3.05) is 25.4 Å². The topological polar surface area (TPSA) is 63.4 Å². The number of nitrogens with zero attached hydrogens (tertiary/aromatic N) is 1. The highest BCUT2D eigenvalue weighted by Crippen LogP contribution is 2.35. The number of anilines is 1. The van der Waals surface area contributed by atoms with Crippen LogP contribution in [0, 0.1) is 0 Å². The summed E-state index contributed by atoms with van der Waals surface area (Å²) in [5, 5.41) is 1.41.